The van der Waals surface area contributed by atoms with Crippen molar-refractivity contribution in [1.29, 1.82) is 0 Å². The van der Waals surface area contributed by atoms with Gasteiger partial charge in [0.05, 0.1) is 12.2 Å². The van der Waals surface area contributed by atoms with E-state index in [-0.39, 0.29) is 6.54 Å². The maximum absolute atomic E-state index is 11.8. The van der Waals surface area contributed by atoms with Gasteiger partial charge in [-0.25, -0.2) is 17.9 Å². The van der Waals surface area contributed by atoms with Gasteiger partial charge in [0.25, 0.3) is 10.0 Å². The molecule has 0 radical (unpaired) electrons. The Labute approximate surface area is 108 Å². The van der Waals surface area contributed by atoms with E-state index in [1.54, 1.807) is 12.1 Å². The topological polar surface area (TPSA) is 122 Å². The third-order valence-electron chi connectivity index (χ3n) is 2.13. The number of hydrogen-bond donors (Lipinski definition) is 2. The summed E-state index contributed by atoms with van der Waals surface area (Å²) in [6.45, 7) is -0.0702. The zero-order valence-electron chi connectivity index (χ0n) is 9.48. The molecule has 8 nitrogen and oxygen atoms in total. The molecule has 0 aliphatic heterocycles. The Morgan fingerprint density at radius 1 is 1.37 bits per heavy atom. The third kappa shape index (κ3) is 3.14. The monoisotopic (exact) mass is 283 g/mol. The summed E-state index contributed by atoms with van der Waals surface area (Å²) in [5.41, 5.74) is 0.427. The summed E-state index contributed by atoms with van der Waals surface area (Å²) in [5.74, 6) is -1.78. The van der Waals surface area contributed by atoms with Gasteiger partial charge in [0, 0.05) is 6.20 Å². The van der Waals surface area contributed by atoms with E-state index in [1.807, 2.05) is 0 Å². The minimum atomic E-state index is -3.92. The average Bonchev–Trinajstić information content (AvgIpc) is 2.88. The van der Waals surface area contributed by atoms with Gasteiger partial charge in [-0.2, -0.15) is 10.2 Å². The maximum Gasteiger partial charge on any atom is 0.371 e. The molecule has 2 aromatic rings. The molecule has 0 aromatic carbocycles. The highest BCUT2D eigenvalue weighted by molar-refractivity contribution is 7.89. The number of carboxylic acid groups (broad SMARTS) is 1. The Balaban J connectivity index is 2.12. The number of nitrogens with one attached hydrogen (secondary N) is 1. The quantitative estimate of drug-likeness (QED) is 0.806. The van der Waals surface area contributed by atoms with E-state index in [0.29, 0.717) is 5.69 Å². The Kier molecular flexibility index (Phi) is 3.58. The molecule has 19 heavy (non-hydrogen) atoms. The van der Waals surface area contributed by atoms with Crippen molar-refractivity contribution in [2.24, 2.45) is 0 Å². The van der Waals surface area contributed by atoms with Crippen molar-refractivity contribution in [1.82, 2.24) is 14.9 Å². The smallest absolute Gasteiger partial charge is 0.371 e. The standard InChI is InChI=1S/C10H9N3O5S/c14-10(15)8-3-4-9(18-8)19(16,17)12-6-7-2-1-5-11-13-7/h1-5,12H,6H2,(H,14,15). The summed E-state index contributed by atoms with van der Waals surface area (Å²) < 4.78 is 30.5. The lowest BCUT2D eigenvalue weighted by atomic mass is 10.4. The molecule has 0 atom stereocenters. The Morgan fingerprint density at radius 3 is 2.74 bits per heavy atom. The van der Waals surface area contributed by atoms with Crippen molar-refractivity contribution >= 4 is 16.0 Å². The molecule has 0 fully saturated rings. The highest BCUT2D eigenvalue weighted by atomic mass is 32.2. The summed E-state index contributed by atoms with van der Waals surface area (Å²) >= 11 is 0. The van der Waals surface area contributed by atoms with Crippen LogP contribution in [0.3, 0.4) is 0 Å². The summed E-state index contributed by atoms with van der Waals surface area (Å²) in [6.07, 6.45) is 1.46. The summed E-state index contributed by atoms with van der Waals surface area (Å²) in [4.78, 5) is 10.6. The van der Waals surface area contributed by atoms with E-state index in [2.05, 4.69) is 14.9 Å². The van der Waals surface area contributed by atoms with Gasteiger partial charge < -0.3 is 9.52 Å². The second-order valence-electron chi connectivity index (χ2n) is 3.46. The number of hydrogen-bond acceptors (Lipinski definition) is 6. The van der Waals surface area contributed by atoms with E-state index < -0.39 is 26.8 Å². The van der Waals surface area contributed by atoms with Crippen LogP contribution >= 0.6 is 0 Å². The fourth-order valence-electron chi connectivity index (χ4n) is 1.25. The normalized spacial score (nSPS) is 11.4. The molecule has 0 unspecified atom stereocenters. The van der Waals surface area contributed by atoms with E-state index >= 15 is 0 Å². The Hall–Kier alpha value is -2.26. The number of furan rings is 1. The first-order chi connectivity index (χ1) is 8.99. The van der Waals surface area contributed by atoms with Crippen molar-refractivity contribution < 1.29 is 22.7 Å². The van der Waals surface area contributed by atoms with Crippen LogP contribution in [0, 0.1) is 0 Å². The number of rotatable bonds is 5. The van der Waals surface area contributed by atoms with Crippen LogP contribution in [0.1, 0.15) is 16.2 Å². The second-order valence-corrected chi connectivity index (χ2v) is 5.16. The maximum atomic E-state index is 11.8. The van der Waals surface area contributed by atoms with Gasteiger partial charge in [-0.3, -0.25) is 0 Å². The number of sulfonamides is 1. The van der Waals surface area contributed by atoms with Gasteiger partial charge >= 0.3 is 5.97 Å². The zero-order chi connectivity index (χ0) is 13.9. The van der Waals surface area contributed by atoms with Crippen LogP contribution in [0.5, 0.6) is 0 Å². The van der Waals surface area contributed by atoms with Gasteiger partial charge in [-0.15, -0.1) is 0 Å². The van der Waals surface area contributed by atoms with Crippen LogP contribution < -0.4 is 4.72 Å². The molecule has 2 aromatic heterocycles. The molecule has 0 saturated carbocycles. The molecule has 0 aliphatic carbocycles. The lowest BCUT2D eigenvalue weighted by Crippen LogP contribution is -2.23. The summed E-state index contributed by atoms with van der Waals surface area (Å²) in [5, 5.41) is 15.5. The lowest BCUT2D eigenvalue weighted by molar-refractivity contribution is 0.0656. The third-order valence-corrected chi connectivity index (χ3v) is 3.40. The molecular formula is C10H9N3O5S. The first kappa shape index (κ1) is 13.2. The Morgan fingerprint density at radius 2 is 2.16 bits per heavy atom. The van der Waals surface area contributed by atoms with Crippen molar-refractivity contribution in [2.45, 2.75) is 11.6 Å². The molecule has 2 N–H and O–H groups in total. The summed E-state index contributed by atoms with van der Waals surface area (Å²) in [7, 11) is -3.92. The van der Waals surface area contributed by atoms with Crippen LogP contribution in [-0.2, 0) is 16.6 Å². The van der Waals surface area contributed by atoms with Gasteiger partial charge in [-0.1, -0.05) is 0 Å². The average molecular weight is 283 g/mol. The van der Waals surface area contributed by atoms with E-state index in [9.17, 15) is 13.2 Å². The van der Waals surface area contributed by atoms with Crippen molar-refractivity contribution in [2.75, 3.05) is 0 Å². The number of carboxylic acids is 1. The van der Waals surface area contributed by atoms with Gasteiger partial charge in [0.1, 0.15) is 0 Å². The van der Waals surface area contributed by atoms with E-state index in [0.717, 1.165) is 12.1 Å². The second kappa shape index (κ2) is 5.16. The first-order valence-electron chi connectivity index (χ1n) is 5.08. The van der Waals surface area contributed by atoms with Gasteiger partial charge in [-0.05, 0) is 24.3 Å². The van der Waals surface area contributed by atoms with E-state index in [1.165, 1.54) is 6.20 Å². The molecular weight excluding hydrogens is 274 g/mol. The molecule has 100 valence electrons. The number of aromatic carboxylic acids is 1. The predicted molar refractivity (Wildman–Crippen MR) is 61.7 cm³/mol. The molecule has 2 rings (SSSR count). The first-order valence-corrected chi connectivity index (χ1v) is 6.57. The minimum absolute atomic E-state index is 0.0702. The molecule has 0 saturated heterocycles. The molecule has 0 amide bonds. The Bertz CT molecular complexity index is 680. The van der Waals surface area contributed by atoms with Crippen LogP contribution in [-0.4, -0.2) is 29.7 Å². The fraction of sp³-hybridized carbons (Fsp3) is 0.100. The van der Waals surface area contributed by atoms with Gasteiger partial charge in [0.15, 0.2) is 0 Å². The number of carbonyl (C=O) groups is 1. The van der Waals surface area contributed by atoms with Crippen LogP contribution in [0.15, 0.2) is 40.0 Å². The highest BCUT2D eigenvalue weighted by Gasteiger charge is 2.20. The summed E-state index contributed by atoms with van der Waals surface area (Å²) in [6, 6.07) is 5.36. The SMILES string of the molecule is O=C(O)c1ccc(S(=O)(=O)NCc2cccnn2)o1. The minimum Gasteiger partial charge on any atom is -0.475 e. The molecule has 9 heteroatoms. The largest absolute Gasteiger partial charge is 0.475 e. The van der Waals surface area contributed by atoms with E-state index in [4.69, 9.17) is 9.52 Å². The van der Waals surface area contributed by atoms with Crippen LogP contribution in [0.2, 0.25) is 0 Å². The lowest BCUT2D eigenvalue weighted by Gasteiger charge is -2.02. The predicted octanol–water partition coefficient (Wildman–Crippen LogP) is 0.246. The van der Waals surface area contributed by atoms with Crippen molar-refractivity contribution in [3.8, 4) is 0 Å². The number of aromatic nitrogens is 2. The molecule has 0 spiro atoms. The molecule has 0 bridgehead atoms. The zero-order valence-corrected chi connectivity index (χ0v) is 10.3. The molecule has 0 aliphatic rings. The van der Waals surface area contributed by atoms with Crippen molar-refractivity contribution in [3.05, 3.63) is 41.9 Å². The fourth-order valence-corrected chi connectivity index (χ4v) is 2.17. The van der Waals surface area contributed by atoms with Crippen LogP contribution in [0.4, 0.5) is 0 Å². The van der Waals surface area contributed by atoms with Crippen LogP contribution in [0.25, 0.3) is 0 Å². The highest BCUT2D eigenvalue weighted by Crippen LogP contribution is 2.13. The van der Waals surface area contributed by atoms with Crippen molar-refractivity contribution in [3.63, 3.8) is 0 Å². The molecule has 2 heterocycles. The van der Waals surface area contributed by atoms with Gasteiger partial charge in [0.2, 0.25) is 10.9 Å². The number of nitrogens with zero attached hydrogens (tertiary/aromatic N) is 2.